The van der Waals surface area contributed by atoms with Gasteiger partial charge in [-0.05, 0) is 24.1 Å². The highest BCUT2D eigenvalue weighted by molar-refractivity contribution is 5.92. The zero-order chi connectivity index (χ0) is 13.1. The number of carbonyl (C=O) groups excluding carboxylic acids is 1. The van der Waals surface area contributed by atoms with Crippen LogP contribution in [0.3, 0.4) is 0 Å². The lowest BCUT2D eigenvalue weighted by molar-refractivity contribution is 0.0595. The van der Waals surface area contributed by atoms with Gasteiger partial charge in [-0.3, -0.25) is 0 Å². The summed E-state index contributed by atoms with van der Waals surface area (Å²) in [4.78, 5) is 11.4. The molecule has 0 saturated heterocycles. The third-order valence-electron chi connectivity index (χ3n) is 2.67. The molecule has 6 heteroatoms. The molecule has 0 fully saturated rings. The van der Waals surface area contributed by atoms with E-state index in [0.29, 0.717) is 0 Å². The van der Waals surface area contributed by atoms with E-state index in [0.717, 1.165) is 12.1 Å². The van der Waals surface area contributed by atoms with E-state index in [4.69, 9.17) is 5.73 Å². The molecule has 18 heavy (non-hydrogen) atoms. The molecule has 1 aromatic carbocycles. The van der Waals surface area contributed by atoms with Gasteiger partial charge in [-0.2, -0.15) is 4.68 Å². The van der Waals surface area contributed by atoms with Crippen LogP contribution in [0.15, 0.2) is 24.3 Å². The van der Waals surface area contributed by atoms with Gasteiger partial charge >= 0.3 is 5.97 Å². The lowest BCUT2D eigenvalue weighted by Gasteiger charge is -2.04. The number of carbonyl (C=O) groups is 1. The van der Waals surface area contributed by atoms with Crippen LogP contribution < -0.4 is 5.73 Å². The van der Waals surface area contributed by atoms with Crippen molar-refractivity contribution in [3.8, 4) is 5.69 Å². The Morgan fingerprint density at radius 1 is 1.39 bits per heavy atom. The first kappa shape index (κ1) is 12.1. The first-order chi connectivity index (χ1) is 8.67. The molecule has 0 aliphatic heterocycles. The summed E-state index contributed by atoms with van der Waals surface area (Å²) in [5.74, 6) is -0.421. The van der Waals surface area contributed by atoms with E-state index in [1.165, 1.54) is 17.4 Å². The number of aryl methyl sites for hydroxylation is 1. The van der Waals surface area contributed by atoms with Gasteiger partial charge in [-0.15, -0.1) is 5.10 Å². The molecule has 2 rings (SSSR count). The second-order valence-electron chi connectivity index (χ2n) is 3.75. The van der Waals surface area contributed by atoms with Crippen LogP contribution in [-0.4, -0.2) is 28.1 Å². The lowest BCUT2D eigenvalue weighted by Crippen LogP contribution is -2.07. The van der Waals surface area contributed by atoms with Crippen molar-refractivity contribution in [2.75, 3.05) is 12.8 Å². The Balaban J connectivity index is 2.39. The molecule has 0 aliphatic rings. The van der Waals surface area contributed by atoms with Gasteiger partial charge in [-0.1, -0.05) is 24.3 Å². The molecule has 0 bridgehead atoms. The molecule has 0 saturated carbocycles. The molecule has 94 valence electrons. The summed E-state index contributed by atoms with van der Waals surface area (Å²) >= 11 is 0. The largest absolute Gasteiger partial charge is 0.464 e. The van der Waals surface area contributed by atoms with Crippen LogP contribution in [0.25, 0.3) is 5.69 Å². The van der Waals surface area contributed by atoms with Gasteiger partial charge in [-0.25, -0.2) is 4.79 Å². The van der Waals surface area contributed by atoms with E-state index in [1.807, 2.05) is 24.3 Å². The van der Waals surface area contributed by atoms with Crippen LogP contribution >= 0.6 is 0 Å². The molecule has 6 nitrogen and oxygen atoms in total. The van der Waals surface area contributed by atoms with Gasteiger partial charge in [0.2, 0.25) is 5.69 Å². The van der Waals surface area contributed by atoms with Gasteiger partial charge in [0.25, 0.3) is 0 Å². The highest BCUT2D eigenvalue weighted by Crippen LogP contribution is 2.16. The zero-order valence-corrected chi connectivity index (χ0v) is 10.3. The number of nitrogens with two attached hydrogens (primary N) is 1. The number of esters is 1. The second-order valence-corrected chi connectivity index (χ2v) is 3.75. The summed E-state index contributed by atoms with van der Waals surface area (Å²) < 4.78 is 5.98. The van der Waals surface area contributed by atoms with Gasteiger partial charge in [0.15, 0.2) is 5.82 Å². The number of hydrogen-bond donors (Lipinski definition) is 1. The summed E-state index contributed by atoms with van der Waals surface area (Å²) in [6.07, 6.45) is 0.959. The molecule has 0 aliphatic carbocycles. The highest BCUT2D eigenvalue weighted by atomic mass is 16.5. The number of ether oxygens (including phenoxy) is 1. The molecule has 0 unspecified atom stereocenters. The van der Waals surface area contributed by atoms with Crippen LogP contribution in [-0.2, 0) is 11.2 Å². The van der Waals surface area contributed by atoms with Crippen LogP contribution in [0.1, 0.15) is 23.0 Å². The SMILES string of the molecule is CCc1ccc(-n2nnc(C(=O)OC)c2N)cc1. The quantitative estimate of drug-likeness (QED) is 0.823. The molecule has 2 N–H and O–H groups in total. The van der Waals surface area contributed by atoms with Crippen LogP contribution in [0.4, 0.5) is 5.82 Å². The van der Waals surface area contributed by atoms with Crippen molar-refractivity contribution < 1.29 is 9.53 Å². The van der Waals surface area contributed by atoms with Crippen LogP contribution in [0.5, 0.6) is 0 Å². The van der Waals surface area contributed by atoms with Gasteiger partial charge in [0, 0.05) is 0 Å². The van der Waals surface area contributed by atoms with Crippen molar-refractivity contribution in [1.29, 1.82) is 0 Å². The molecule has 0 spiro atoms. The van der Waals surface area contributed by atoms with Crippen molar-refractivity contribution >= 4 is 11.8 Å². The Kier molecular flexibility index (Phi) is 3.27. The van der Waals surface area contributed by atoms with Crippen molar-refractivity contribution in [2.24, 2.45) is 0 Å². The predicted molar refractivity (Wildman–Crippen MR) is 66.5 cm³/mol. The fourth-order valence-electron chi connectivity index (χ4n) is 1.59. The third-order valence-corrected chi connectivity index (χ3v) is 2.67. The summed E-state index contributed by atoms with van der Waals surface area (Å²) in [6, 6.07) is 7.72. The van der Waals surface area contributed by atoms with E-state index in [2.05, 4.69) is 22.0 Å². The van der Waals surface area contributed by atoms with Gasteiger partial charge in [0.1, 0.15) is 0 Å². The van der Waals surface area contributed by atoms with Crippen molar-refractivity contribution in [2.45, 2.75) is 13.3 Å². The predicted octanol–water partition coefficient (Wildman–Crippen LogP) is 1.20. The first-order valence-electron chi connectivity index (χ1n) is 5.56. The number of nitrogens with zero attached hydrogens (tertiary/aromatic N) is 3. The number of hydrogen-bond acceptors (Lipinski definition) is 5. The topological polar surface area (TPSA) is 83.0 Å². The summed E-state index contributed by atoms with van der Waals surface area (Å²) in [5.41, 5.74) is 7.81. The molecular formula is C12H14N4O2. The standard InChI is InChI=1S/C12H14N4O2/c1-3-8-4-6-9(7-5-8)16-11(13)10(14-15-16)12(17)18-2/h4-7H,3,13H2,1-2H3. The van der Waals surface area contributed by atoms with Crippen LogP contribution in [0, 0.1) is 0 Å². The minimum absolute atomic E-state index is 0.0251. The summed E-state index contributed by atoms with van der Waals surface area (Å²) in [7, 11) is 1.27. The van der Waals surface area contributed by atoms with Crippen molar-refractivity contribution in [3.63, 3.8) is 0 Å². The average molecular weight is 246 g/mol. The minimum atomic E-state index is -0.594. The molecule has 0 atom stereocenters. The number of methoxy groups -OCH3 is 1. The summed E-state index contributed by atoms with van der Waals surface area (Å²) in [6.45, 7) is 2.08. The van der Waals surface area contributed by atoms with E-state index >= 15 is 0 Å². The number of rotatable bonds is 3. The number of anilines is 1. The van der Waals surface area contributed by atoms with Crippen LogP contribution in [0.2, 0.25) is 0 Å². The number of aromatic nitrogens is 3. The van der Waals surface area contributed by atoms with E-state index in [9.17, 15) is 4.79 Å². The normalized spacial score (nSPS) is 10.3. The number of nitrogen functional groups attached to an aromatic ring is 1. The fraction of sp³-hybridized carbons (Fsp3) is 0.250. The Morgan fingerprint density at radius 2 is 2.06 bits per heavy atom. The first-order valence-corrected chi connectivity index (χ1v) is 5.56. The third kappa shape index (κ3) is 2.04. The smallest absolute Gasteiger partial charge is 0.362 e. The molecule has 1 heterocycles. The van der Waals surface area contributed by atoms with E-state index in [1.54, 1.807) is 0 Å². The van der Waals surface area contributed by atoms with Crippen molar-refractivity contribution in [1.82, 2.24) is 15.0 Å². The Morgan fingerprint density at radius 3 is 2.61 bits per heavy atom. The Labute approximate surface area is 104 Å². The van der Waals surface area contributed by atoms with Gasteiger partial charge < -0.3 is 10.5 Å². The minimum Gasteiger partial charge on any atom is -0.464 e. The maximum absolute atomic E-state index is 11.4. The second kappa shape index (κ2) is 4.87. The Bertz CT molecular complexity index is 560. The molecule has 1 aromatic heterocycles. The Hall–Kier alpha value is -2.37. The monoisotopic (exact) mass is 246 g/mol. The van der Waals surface area contributed by atoms with Gasteiger partial charge in [0.05, 0.1) is 12.8 Å². The zero-order valence-electron chi connectivity index (χ0n) is 10.3. The summed E-state index contributed by atoms with van der Waals surface area (Å²) in [5, 5.41) is 7.57. The lowest BCUT2D eigenvalue weighted by atomic mass is 10.1. The molecule has 2 aromatic rings. The highest BCUT2D eigenvalue weighted by Gasteiger charge is 2.18. The molecular weight excluding hydrogens is 232 g/mol. The maximum atomic E-state index is 11.4. The molecule has 0 radical (unpaired) electrons. The molecule has 0 amide bonds. The van der Waals surface area contributed by atoms with E-state index in [-0.39, 0.29) is 11.5 Å². The number of benzene rings is 1. The van der Waals surface area contributed by atoms with Crippen molar-refractivity contribution in [3.05, 3.63) is 35.5 Å². The fourth-order valence-corrected chi connectivity index (χ4v) is 1.59. The average Bonchev–Trinajstić information content (AvgIpc) is 2.80. The van der Waals surface area contributed by atoms with E-state index < -0.39 is 5.97 Å². The maximum Gasteiger partial charge on any atom is 0.362 e.